The van der Waals surface area contributed by atoms with E-state index in [2.05, 4.69) is 11.3 Å². The van der Waals surface area contributed by atoms with E-state index in [-0.39, 0.29) is 17.4 Å². The lowest BCUT2D eigenvalue weighted by Crippen LogP contribution is -2.32. The summed E-state index contributed by atoms with van der Waals surface area (Å²) in [6, 6.07) is 12.7. The quantitative estimate of drug-likeness (QED) is 0.830. The first-order valence-electron chi connectivity index (χ1n) is 7.93. The van der Waals surface area contributed by atoms with Crippen LogP contribution in [0.3, 0.4) is 0 Å². The molecule has 0 aromatic heterocycles. The van der Waals surface area contributed by atoms with Crippen molar-refractivity contribution in [3.8, 4) is 0 Å². The number of hydrogen-bond donors (Lipinski definition) is 1. The van der Waals surface area contributed by atoms with Gasteiger partial charge in [0.25, 0.3) is 0 Å². The van der Waals surface area contributed by atoms with Crippen molar-refractivity contribution >= 4 is 30.8 Å². The second-order valence-corrected chi connectivity index (χ2v) is 9.74. The molecule has 1 atom stereocenters. The van der Waals surface area contributed by atoms with Gasteiger partial charge in [0.15, 0.2) is 0 Å². The second-order valence-electron chi connectivity index (χ2n) is 6.09. The van der Waals surface area contributed by atoms with Crippen LogP contribution in [-0.4, -0.2) is 40.8 Å². The first-order valence-corrected chi connectivity index (χ1v) is 10.9. The molecule has 1 saturated heterocycles. The van der Waals surface area contributed by atoms with Crippen LogP contribution in [0.4, 0.5) is 0 Å². The summed E-state index contributed by atoms with van der Waals surface area (Å²) >= 11 is 0. The molecule has 134 valence electrons. The highest BCUT2D eigenvalue weighted by atomic mass is 32.2. The predicted molar refractivity (Wildman–Crippen MR) is 97.9 cm³/mol. The molecule has 0 saturated carbocycles. The minimum absolute atomic E-state index is 0.0510. The van der Waals surface area contributed by atoms with Gasteiger partial charge in [-0.15, -0.1) is 0 Å². The Morgan fingerprint density at radius 2 is 1.84 bits per heavy atom. The maximum Gasteiger partial charge on any atom is 0.243 e. The van der Waals surface area contributed by atoms with Crippen LogP contribution in [0.5, 0.6) is 0 Å². The average molecular weight is 380 g/mol. The number of fused-ring (bicyclic) bond motifs is 1. The van der Waals surface area contributed by atoms with Crippen molar-refractivity contribution < 1.29 is 16.8 Å². The summed E-state index contributed by atoms with van der Waals surface area (Å²) in [5.74, 6) is -0.0510. The molecule has 0 amide bonds. The number of hydrogen-bond acceptors (Lipinski definition) is 4. The summed E-state index contributed by atoms with van der Waals surface area (Å²) in [7, 11) is -7.08. The fraction of sp³-hybridized carbons (Fsp3) is 0.294. The van der Waals surface area contributed by atoms with Crippen molar-refractivity contribution in [2.24, 2.45) is 5.92 Å². The molecule has 0 unspecified atom stereocenters. The van der Waals surface area contributed by atoms with Crippen molar-refractivity contribution in [2.45, 2.75) is 11.3 Å². The van der Waals surface area contributed by atoms with E-state index in [1.165, 1.54) is 4.31 Å². The Morgan fingerprint density at radius 3 is 2.56 bits per heavy atom. The fourth-order valence-electron chi connectivity index (χ4n) is 2.95. The maximum atomic E-state index is 12.9. The summed E-state index contributed by atoms with van der Waals surface area (Å²) in [6.45, 7) is 4.13. The zero-order valence-electron chi connectivity index (χ0n) is 13.6. The molecular formula is C17H20N2O4S2. The number of benzene rings is 2. The van der Waals surface area contributed by atoms with Gasteiger partial charge in [0.1, 0.15) is 0 Å². The van der Waals surface area contributed by atoms with Crippen LogP contribution in [0.2, 0.25) is 0 Å². The Balaban J connectivity index is 1.75. The molecule has 0 bridgehead atoms. The van der Waals surface area contributed by atoms with Crippen LogP contribution in [0.25, 0.3) is 10.8 Å². The molecule has 0 radical (unpaired) electrons. The molecule has 3 rings (SSSR count). The Morgan fingerprint density at radius 1 is 1.12 bits per heavy atom. The lowest BCUT2D eigenvalue weighted by atomic mass is 10.1. The predicted octanol–water partition coefficient (Wildman–Crippen LogP) is 1.91. The summed E-state index contributed by atoms with van der Waals surface area (Å²) in [6.07, 6.45) is 0.618. The molecule has 8 heteroatoms. The van der Waals surface area contributed by atoms with E-state index in [1.54, 1.807) is 18.2 Å². The van der Waals surface area contributed by atoms with Crippen LogP contribution in [0.15, 0.2) is 59.3 Å². The molecule has 0 aliphatic carbocycles. The Bertz CT molecular complexity index is 1000. The van der Waals surface area contributed by atoms with Gasteiger partial charge in [-0.05, 0) is 35.2 Å². The second kappa shape index (κ2) is 6.87. The molecule has 1 fully saturated rings. The molecule has 6 nitrogen and oxygen atoms in total. The minimum Gasteiger partial charge on any atom is -0.211 e. The van der Waals surface area contributed by atoms with E-state index in [0.29, 0.717) is 19.5 Å². The number of sulfonamides is 2. The van der Waals surface area contributed by atoms with Gasteiger partial charge in [-0.1, -0.05) is 36.9 Å². The number of nitrogens with one attached hydrogen (secondary N) is 1. The largest absolute Gasteiger partial charge is 0.243 e. The van der Waals surface area contributed by atoms with Crippen LogP contribution in [0.1, 0.15) is 6.42 Å². The fourth-order valence-corrected chi connectivity index (χ4v) is 5.10. The highest BCUT2D eigenvalue weighted by Gasteiger charge is 2.32. The molecule has 1 heterocycles. The van der Waals surface area contributed by atoms with E-state index in [9.17, 15) is 16.8 Å². The van der Waals surface area contributed by atoms with Gasteiger partial charge in [-0.2, -0.15) is 4.31 Å². The zero-order valence-corrected chi connectivity index (χ0v) is 15.3. The number of rotatable bonds is 6. The molecule has 2 aromatic carbocycles. The summed E-state index contributed by atoms with van der Waals surface area (Å²) in [5, 5.41) is 2.71. The number of nitrogens with zero attached hydrogens (tertiary/aromatic N) is 1. The SMILES string of the molecule is C=CS(=O)(=O)NC[C@H]1CCN(S(=O)(=O)c2ccc3ccccc3c2)C1. The topological polar surface area (TPSA) is 83.6 Å². The van der Waals surface area contributed by atoms with Crippen molar-refractivity contribution in [3.05, 3.63) is 54.5 Å². The zero-order chi connectivity index (χ0) is 18.1. The van der Waals surface area contributed by atoms with E-state index >= 15 is 0 Å². The average Bonchev–Trinajstić information content (AvgIpc) is 3.09. The van der Waals surface area contributed by atoms with Crippen LogP contribution < -0.4 is 4.72 Å². The highest BCUT2D eigenvalue weighted by molar-refractivity contribution is 7.92. The first kappa shape index (κ1) is 18.1. The highest BCUT2D eigenvalue weighted by Crippen LogP contribution is 2.26. The van der Waals surface area contributed by atoms with E-state index < -0.39 is 20.0 Å². The molecule has 1 N–H and O–H groups in total. The van der Waals surface area contributed by atoms with Gasteiger partial charge in [-0.3, -0.25) is 0 Å². The van der Waals surface area contributed by atoms with Crippen molar-refractivity contribution in [2.75, 3.05) is 19.6 Å². The lowest BCUT2D eigenvalue weighted by molar-refractivity contribution is 0.455. The molecule has 0 spiro atoms. The minimum atomic E-state index is -3.59. The smallest absolute Gasteiger partial charge is 0.211 e. The lowest BCUT2D eigenvalue weighted by Gasteiger charge is -2.17. The van der Waals surface area contributed by atoms with Gasteiger partial charge in [-0.25, -0.2) is 21.6 Å². The van der Waals surface area contributed by atoms with Gasteiger partial charge in [0, 0.05) is 25.0 Å². The Kier molecular flexibility index (Phi) is 4.97. The van der Waals surface area contributed by atoms with Crippen LogP contribution in [0, 0.1) is 5.92 Å². The van der Waals surface area contributed by atoms with Crippen molar-refractivity contribution in [3.63, 3.8) is 0 Å². The standard InChI is InChI=1S/C17H20N2O4S2/c1-2-24(20,21)18-12-14-9-10-19(13-14)25(22,23)17-8-7-15-5-3-4-6-16(15)11-17/h2-8,11,14,18H,1,9-10,12-13H2/t14-/m1/s1. The summed E-state index contributed by atoms with van der Waals surface area (Å²) < 4.78 is 52.4. The third-order valence-corrected chi connectivity index (χ3v) is 7.27. The maximum absolute atomic E-state index is 12.9. The molecule has 1 aliphatic heterocycles. The van der Waals surface area contributed by atoms with Crippen molar-refractivity contribution in [1.29, 1.82) is 0 Å². The third-order valence-electron chi connectivity index (χ3n) is 4.40. The van der Waals surface area contributed by atoms with Gasteiger partial charge in [0.05, 0.1) is 4.90 Å². The van der Waals surface area contributed by atoms with Gasteiger partial charge < -0.3 is 0 Å². The summed E-state index contributed by atoms with van der Waals surface area (Å²) in [4.78, 5) is 0.263. The van der Waals surface area contributed by atoms with E-state index in [0.717, 1.165) is 16.2 Å². The monoisotopic (exact) mass is 380 g/mol. The Labute approximate surface area is 148 Å². The first-order chi connectivity index (χ1) is 11.8. The molecule has 2 aromatic rings. The van der Waals surface area contributed by atoms with Crippen LogP contribution in [-0.2, 0) is 20.0 Å². The molecule has 1 aliphatic rings. The van der Waals surface area contributed by atoms with Gasteiger partial charge in [0.2, 0.25) is 20.0 Å². The van der Waals surface area contributed by atoms with E-state index in [1.807, 2.05) is 24.3 Å². The van der Waals surface area contributed by atoms with Crippen molar-refractivity contribution in [1.82, 2.24) is 9.03 Å². The third kappa shape index (κ3) is 3.92. The Hall–Kier alpha value is -1.74. The van der Waals surface area contributed by atoms with Crippen LogP contribution >= 0.6 is 0 Å². The normalized spacial score (nSPS) is 19.3. The summed E-state index contributed by atoms with van der Waals surface area (Å²) in [5.41, 5.74) is 0. The van der Waals surface area contributed by atoms with Gasteiger partial charge >= 0.3 is 0 Å². The molecule has 25 heavy (non-hydrogen) atoms. The van der Waals surface area contributed by atoms with E-state index in [4.69, 9.17) is 0 Å². The molecular weight excluding hydrogens is 360 g/mol.